The molecular formula is C12H16BrNO2. The molecule has 0 aliphatic rings. The summed E-state index contributed by atoms with van der Waals surface area (Å²) in [5.74, 6) is 1.46. The molecule has 0 atom stereocenters. The maximum absolute atomic E-state index is 5.30. The minimum absolute atomic E-state index is 0.729. The van der Waals surface area contributed by atoms with Crippen LogP contribution in [0.1, 0.15) is 12.0 Å². The van der Waals surface area contributed by atoms with Gasteiger partial charge in [0.25, 0.3) is 0 Å². The lowest BCUT2D eigenvalue weighted by Crippen LogP contribution is -1.95. The highest BCUT2D eigenvalue weighted by Gasteiger charge is 2.06. The Balaban J connectivity index is 2.82. The number of rotatable bonds is 6. The SMILES string of the molecule is COc1cccc(C=NCCCBr)c1OC. The second-order valence-electron chi connectivity index (χ2n) is 3.16. The lowest BCUT2D eigenvalue weighted by atomic mass is 10.2. The van der Waals surface area contributed by atoms with Crippen LogP contribution >= 0.6 is 15.9 Å². The number of alkyl halides is 1. The summed E-state index contributed by atoms with van der Waals surface area (Å²) in [7, 11) is 3.26. The van der Waals surface area contributed by atoms with Crippen LogP contribution in [0.3, 0.4) is 0 Å². The van der Waals surface area contributed by atoms with Crippen molar-refractivity contribution in [3.8, 4) is 11.5 Å². The normalized spacial score (nSPS) is 10.7. The maximum Gasteiger partial charge on any atom is 0.169 e. The van der Waals surface area contributed by atoms with Gasteiger partial charge < -0.3 is 9.47 Å². The number of para-hydroxylation sites is 1. The first kappa shape index (κ1) is 13.0. The van der Waals surface area contributed by atoms with E-state index in [9.17, 15) is 0 Å². The highest BCUT2D eigenvalue weighted by atomic mass is 79.9. The molecule has 0 bridgehead atoms. The molecule has 0 aliphatic carbocycles. The predicted molar refractivity (Wildman–Crippen MR) is 70.4 cm³/mol. The molecular weight excluding hydrogens is 270 g/mol. The van der Waals surface area contributed by atoms with E-state index in [1.807, 2.05) is 24.4 Å². The number of halogens is 1. The molecule has 1 rings (SSSR count). The van der Waals surface area contributed by atoms with Gasteiger partial charge in [-0.15, -0.1) is 0 Å². The van der Waals surface area contributed by atoms with Crippen LogP contribution in [0.2, 0.25) is 0 Å². The molecule has 16 heavy (non-hydrogen) atoms. The Morgan fingerprint density at radius 3 is 2.75 bits per heavy atom. The first-order chi connectivity index (χ1) is 7.83. The van der Waals surface area contributed by atoms with E-state index in [4.69, 9.17) is 9.47 Å². The van der Waals surface area contributed by atoms with Gasteiger partial charge in [-0.05, 0) is 18.6 Å². The van der Waals surface area contributed by atoms with Crippen LogP contribution in [-0.4, -0.2) is 32.3 Å². The van der Waals surface area contributed by atoms with Gasteiger partial charge in [-0.2, -0.15) is 0 Å². The van der Waals surface area contributed by atoms with E-state index in [2.05, 4.69) is 20.9 Å². The third-order valence-corrected chi connectivity index (χ3v) is 2.65. The Labute approximate surface area is 105 Å². The molecule has 0 fully saturated rings. The second-order valence-corrected chi connectivity index (χ2v) is 3.95. The number of ether oxygens (including phenoxy) is 2. The van der Waals surface area contributed by atoms with E-state index in [1.165, 1.54) is 0 Å². The third kappa shape index (κ3) is 3.52. The molecule has 0 amide bonds. The molecule has 0 heterocycles. The fourth-order valence-electron chi connectivity index (χ4n) is 1.33. The summed E-state index contributed by atoms with van der Waals surface area (Å²) in [4.78, 5) is 4.32. The zero-order chi connectivity index (χ0) is 11.8. The van der Waals surface area contributed by atoms with Crippen molar-refractivity contribution in [2.45, 2.75) is 6.42 Å². The van der Waals surface area contributed by atoms with Gasteiger partial charge in [0.05, 0.1) is 14.2 Å². The molecule has 3 nitrogen and oxygen atoms in total. The molecule has 1 aromatic rings. The molecule has 0 unspecified atom stereocenters. The summed E-state index contributed by atoms with van der Waals surface area (Å²) in [6.45, 7) is 0.811. The predicted octanol–water partition coefficient (Wildman–Crippen LogP) is 2.91. The van der Waals surface area contributed by atoms with E-state index in [1.54, 1.807) is 14.2 Å². The number of hydrogen-bond donors (Lipinski definition) is 0. The van der Waals surface area contributed by atoms with Crippen molar-refractivity contribution >= 4 is 22.1 Å². The van der Waals surface area contributed by atoms with E-state index in [0.29, 0.717) is 0 Å². The average molecular weight is 286 g/mol. The molecule has 88 valence electrons. The van der Waals surface area contributed by atoms with E-state index >= 15 is 0 Å². The van der Waals surface area contributed by atoms with Gasteiger partial charge in [-0.1, -0.05) is 22.0 Å². The first-order valence-electron chi connectivity index (χ1n) is 5.10. The van der Waals surface area contributed by atoms with E-state index < -0.39 is 0 Å². The fraction of sp³-hybridized carbons (Fsp3) is 0.417. The zero-order valence-corrected chi connectivity index (χ0v) is 11.2. The Hall–Kier alpha value is -1.03. The third-order valence-electron chi connectivity index (χ3n) is 2.08. The Kier molecular flexibility index (Phi) is 5.93. The molecule has 0 radical (unpaired) electrons. The van der Waals surface area contributed by atoms with Crippen molar-refractivity contribution in [1.29, 1.82) is 0 Å². The van der Waals surface area contributed by atoms with Crippen molar-refractivity contribution < 1.29 is 9.47 Å². The molecule has 0 spiro atoms. The van der Waals surface area contributed by atoms with Gasteiger partial charge in [0, 0.05) is 23.7 Å². The van der Waals surface area contributed by atoms with Crippen LogP contribution in [0.5, 0.6) is 11.5 Å². The number of nitrogens with zero attached hydrogens (tertiary/aromatic N) is 1. The van der Waals surface area contributed by atoms with Crippen LogP contribution in [0.15, 0.2) is 23.2 Å². The Bertz CT molecular complexity index is 353. The number of aliphatic imine (C=N–C) groups is 1. The smallest absolute Gasteiger partial charge is 0.169 e. The van der Waals surface area contributed by atoms with Crippen molar-refractivity contribution in [2.24, 2.45) is 4.99 Å². The summed E-state index contributed by atoms with van der Waals surface area (Å²) in [5, 5.41) is 0.972. The van der Waals surface area contributed by atoms with Crippen LogP contribution < -0.4 is 9.47 Å². The van der Waals surface area contributed by atoms with Gasteiger partial charge in [-0.25, -0.2) is 0 Å². The highest BCUT2D eigenvalue weighted by molar-refractivity contribution is 9.09. The van der Waals surface area contributed by atoms with E-state index in [-0.39, 0.29) is 0 Å². The highest BCUT2D eigenvalue weighted by Crippen LogP contribution is 2.29. The molecule has 0 aliphatic heterocycles. The zero-order valence-electron chi connectivity index (χ0n) is 9.57. The molecule has 0 aromatic heterocycles. The quantitative estimate of drug-likeness (QED) is 0.457. The van der Waals surface area contributed by atoms with Gasteiger partial charge in [-0.3, -0.25) is 4.99 Å². The first-order valence-corrected chi connectivity index (χ1v) is 6.22. The second kappa shape index (κ2) is 7.28. The maximum atomic E-state index is 5.30. The molecule has 0 saturated carbocycles. The average Bonchev–Trinajstić information content (AvgIpc) is 2.34. The van der Waals surface area contributed by atoms with E-state index in [0.717, 1.165) is 35.4 Å². The van der Waals surface area contributed by atoms with Crippen molar-refractivity contribution in [1.82, 2.24) is 0 Å². The van der Waals surface area contributed by atoms with Gasteiger partial charge in [0.15, 0.2) is 11.5 Å². The molecule has 4 heteroatoms. The summed E-state index contributed by atoms with van der Waals surface area (Å²) < 4.78 is 10.5. The number of hydrogen-bond acceptors (Lipinski definition) is 3. The summed E-state index contributed by atoms with van der Waals surface area (Å²) >= 11 is 3.37. The molecule has 0 N–H and O–H groups in total. The van der Waals surface area contributed by atoms with Gasteiger partial charge in [0.2, 0.25) is 0 Å². The lowest BCUT2D eigenvalue weighted by Gasteiger charge is -2.09. The minimum Gasteiger partial charge on any atom is -0.493 e. The largest absolute Gasteiger partial charge is 0.493 e. The molecule has 0 saturated heterocycles. The minimum atomic E-state index is 0.729. The van der Waals surface area contributed by atoms with Crippen LogP contribution in [0.4, 0.5) is 0 Å². The van der Waals surface area contributed by atoms with Gasteiger partial charge in [0.1, 0.15) is 0 Å². The van der Waals surface area contributed by atoms with Crippen LogP contribution in [0, 0.1) is 0 Å². The van der Waals surface area contributed by atoms with Crippen molar-refractivity contribution in [3.63, 3.8) is 0 Å². The fourth-order valence-corrected chi connectivity index (χ4v) is 1.58. The van der Waals surface area contributed by atoms with Crippen molar-refractivity contribution in [3.05, 3.63) is 23.8 Å². The summed E-state index contributed by atoms with van der Waals surface area (Å²) in [6.07, 6.45) is 2.85. The topological polar surface area (TPSA) is 30.8 Å². The lowest BCUT2D eigenvalue weighted by molar-refractivity contribution is 0.354. The molecule has 1 aromatic carbocycles. The standard InChI is InChI=1S/C12H16BrNO2/c1-15-11-6-3-5-10(12(11)16-2)9-14-8-4-7-13/h3,5-6,9H,4,7-8H2,1-2H3. The van der Waals surface area contributed by atoms with Gasteiger partial charge >= 0.3 is 0 Å². The Morgan fingerprint density at radius 1 is 1.31 bits per heavy atom. The number of benzene rings is 1. The summed E-state index contributed by atoms with van der Waals surface area (Å²) in [6, 6.07) is 5.75. The van der Waals surface area contributed by atoms with Crippen LogP contribution in [0.25, 0.3) is 0 Å². The number of methoxy groups -OCH3 is 2. The van der Waals surface area contributed by atoms with Crippen LogP contribution in [-0.2, 0) is 0 Å². The monoisotopic (exact) mass is 285 g/mol. The summed E-state index contributed by atoms with van der Waals surface area (Å²) in [5.41, 5.74) is 0.941. The van der Waals surface area contributed by atoms with Crippen molar-refractivity contribution in [2.75, 3.05) is 26.1 Å². The Morgan fingerprint density at radius 2 is 2.12 bits per heavy atom.